The molecular weight excluding hydrogens is 259 g/mol. The van der Waals surface area contributed by atoms with Crippen molar-refractivity contribution in [2.75, 3.05) is 24.6 Å². The van der Waals surface area contributed by atoms with Gasteiger partial charge in [-0.1, -0.05) is 59.8 Å². The van der Waals surface area contributed by atoms with Crippen LogP contribution in [-0.2, 0) is 0 Å². The maximum atomic E-state index is 2.41. The van der Waals surface area contributed by atoms with Gasteiger partial charge in [0.15, 0.2) is 0 Å². The molecule has 0 aromatic carbocycles. The van der Waals surface area contributed by atoms with Crippen molar-refractivity contribution in [1.82, 2.24) is 0 Å². The second-order valence-electron chi connectivity index (χ2n) is 6.71. The van der Waals surface area contributed by atoms with Crippen LogP contribution in [0, 0.1) is 0 Å². The Morgan fingerprint density at radius 1 is 0.400 bits per heavy atom. The topological polar surface area (TPSA) is 0 Å². The number of rotatable bonds is 15. The molecule has 1 heteroatoms. The van der Waals surface area contributed by atoms with Crippen LogP contribution in [0.25, 0.3) is 0 Å². The lowest BCUT2D eigenvalue weighted by Gasteiger charge is -2.27. The Balaban J connectivity index is 4.18. The molecule has 0 bridgehead atoms. The highest BCUT2D eigenvalue weighted by molar-refractivity contribution is 7.75. The first-order chi connectivity index (χ1) is 9.74. The lowest BCUT2D eigenvalue weighted by Crippen LogP contribution is -2.12. The second kappa shape index (κ2) is 14.4. The zero-order chi connectivity index (χ0) is 15.1. The van der Waals surface area contributed by atoms with E-state index in [9.17, 15) is 0 Å². The fourth-order valence-corrected chi connectivity index (χ4v) is 8.57. The van der Waals surface area contributed by atoms with Crippen molar-refractivity contribution in [3.63, 3.8) is 0 Å². The van der Waals surface area contributed by atoms with Gasteiger partial charge in [0.25, 0.3) is 0 Å². The summed E-state index contributed by atoms with van der Waals surface area (Å²) in [7, 11) is -0.585. The first-order valence-electron chi connectivity index (χ1n) is 9.59. The molecule has 0 nitrogen and oxygen atoms in total. The summed E-state index contributed by atoms with van der Waals surface area (Å²) in [5, 5.41) is 0. The third-order valence-electron chi connectivity index (χ3n) is 4.62. The summed E-state index contributed by atoms with van der Waals surface area (Å²) in [4.78, 5) is 0. The van der Waals surface area contributed by atoms with E-state index in [0.717, 1.165) is 0 Å². The molecule has 0 aromatic heterocycles. The summed E-state index contributed by atoms with van der Waals surface area (Å²) >= 11 is 0. The lowest BCUT2D eigenvalue weighted by atomic mass is 10.2. The number of unbranched alkanes of at least 4 members (excludes halogenated alkanes) is 7. The molecule has 20 heavy (non-hydrogen) atoms. The average Bonchev–Trinajstić information content (AvgIpc) is 2.44. The van der Waals surface area contributed by atoms with Gasteiger partial charge in [-0.05, 0) is 38.5 Å². The fraction of sp³-hybridized carbons (Fsp3) is 1.00. The van der Waals surface area contributed by atoms with Crippen LogP contribution in [0.3, 0.4) is 0 Å². The normalized spacial score (nSPS) is 12.0. The van der Waals surface area contributed by atoms with Gasteiger partial charge in [0.2, 0.25) is 0 Å². The van der Waals surface area contributed by atoms with Crippen molar-refractivity contribution < 1.29 is 0 Å². The Kier molecular flexibility index (Phi) is 14.7. The highest BCUT2D eigenvalue weighted by atomic mass is 31.2. The first-order valence-corrected chi connectivity index (χ1v) is 12.1. The van der Waals surface area contributed by atoms with Gasteiger partial charge < -0.3 is 0 Å². The Bertz CT molecular complexity index is 182. The summed E-state index contributed by atoms with van der Waals surface area (Å²) in [5.74, 6) is 0. The summed E-state index contributed by atoms with van der Waals surface area (Å²) < 4.78 is 0. The van der Waals surface area contributed by atoms with E-state index in [1.807, 2.05) is 0 Å². The maximum absolute atomic E-state index is 2.41. The van der Waals surface area contributed by atoms with Crippen LogP contribution in [-0.4, -0.2) is 24.6 Å². The fourth-order valence-electron chi connectivity index (χ4n) is 3.54. The quantitative estimate of drug-likeness (QED) is 0.219. The van der Waals surface area contributed by atoms with Crippen LogP contribution in [0.4, 0.5) is 0 Å². The van der Waals surface area contributed by atoms with E-state index in [0.29, 0.717) is 0 Å². The SMILES string of the molecule is CCCCCCC[P+](CCC)(CCC)CCCCCC. The van der Waals surface area contributed by atoms with Crippen LogP contribution in [0.1, 0.15) is 98.3 Å². The van der Waals surface area contributed by atoms with Crippen LogP contribution in [0.5, 0.6) is 0 Å². The second-order valence-corrected chi connectivity index (χ2v) is 11.2. The van der Waals surface area contributed by atoms with Gasteiger partial charge in [-0.25, -0.2) is 0 Å². The third-order valence-corrected chi connectivity index (χ3v) is 9.94. The molecule has 0 fully saturated rings. The molecule has 0 heterocycles. The predicted octanol–water partition coefficient (Wildman–Crippen LogP) is 7.37. The summed E-state index contributed by atoms with van der Waals surface area (Å²) in [6, 6.07) is 0. The Labute approximate surface area is 130 Å². The first kappa shape index (κ1) is 20.4. The minimum atomic E-state index is -0.585. The van der Waals surface area contributed by atoms with Crippen LogP contribution >= 0.6 is 7.26 Å². The van der Waals surface area contributed by atoms with E-state index in [-0.39, 0.29) is 0 Å². The van der Waals surface area contributed by atoms with E-state index in [4.69, 9.17) is 0 Å². The molecule has 0 spiro atoms. The van der Waals surface area contributed by atoms with Gasteiger partial charge in [0, 0.05) is 7.26 Å². The predicted molar refractivity (Wildman–Crippen MR) is 99.9 cm³/mol. The molecule has 0 aliphatic rings. The molecule has 0 aromatic rings. The monoisotopic (exact) mass is 301 g/mol. The maximum Gasteiger partial charge on any atom is 0.0594 e. The molecule has 0 N–H and O–H groups in total. The molecule has 0 atom stereocenters. The van der Waals surface area contributed by atoms with Gasteiger partial charge in [-0.15, -0.1) is 0 Å². The van der Waals surface area contributed by atoms with Gasteiger partial charge in [0.05, 0.1) is 24.6 Å². The number of hydrogen-bond acceptors (Lipinski definition) is 0. The molecule has 0 saturated heterocycles. The Morgan fingerprint density at radius 3 is 1.20 bits per heavy atom. The van der Waals surface area contributed by atoms with Gasteiger partial charge in [-0.3, -0.25) is 0 Å². The molecule has 122 valence electrons. The van der Waals surface area contributed by atoms with E-state index < -0.39 is 7.26 Å². The highest BCUT2D eigenvalue weighted by Gasteiger charge is 2.33. The van der Waals surface area contributed by atoms with Crippen molar-refractivity contribution >= 4 is 7.26 Å². The van der Waals surface area contributed by atoms with E-state index in [1.165, 1.54) is 70.6 Å². The molecule has 0 rings (SSSR count). The summed E-state index contributed by atoms with van der Waals surface area (Å²) in [6.07, 6.45) is 22.4. The van der Waals surface area contributed by atoms with E-state index >= 15 is 0 Å². The lowest BCUT2D eigenvalue weighted by molar-refractivity contribution is 0.655. The summed E-state index contributed by atoms with van der Waals surface area (Å²) in [6.45, 7) is 9.47. The third kappa shape index (κ3) is 10.2. The average molecular weight is 302 g/mol. The molecule has 0 aliphatic heterocycles. The van der Waals surface area contributed by atoms with Crippen LogP contribution in [0.15, 0.2) is 0 Å². The van der Waals surface area contributed by atoms with E-state index in [2.05, 4.69) is 27.7 Å². The Morgan fingerprint density at radius 2 is 0.800 bits per heavy atom. The zero-order valence-corrected chi connectivity index (χ0v) is 15.9. The van der Waals surface area contributed by atoms with Crippen molar-refractivity contribution in [2.24, 2.45) is 0 Å². The van der Waals surface area contributed by atoms with Crippen LogP contribution < -0.4 is 0 Å². The van der Waals surface area contributed by atoms with Crippen molar-refractivity contribution in [2.45, 2.75) is 98.3 Å². The van der Waals surface area contributed by atoms with Gasteiger partial charge in [-0.2, -0.15) is 0 Å². The minimum Gasteiger partial charge on any atom is -0.0654 e. The smallest absolute Gasteiger partial charge is 0.0594 e. The molecule has 0 aliphatic carbocycles. The van der Waals surface area contributed by atoms with Crippen molar-refractivity contribution in [3.8, 4) is 0 Å². The van der Waals surface area contributed by atoms with Gasteiger partial charge in [0.1, 0.15) is 0 Å². The summed E-state index contributed by atoms with van der Waals surface area (Å²) in [5.41, 5.74) is 0. The van der Waals surface area contributed by atoms with Crippen molar-refractivity contribution in [3.05, 3.63) is 0 Å². The van der Waals surface area contributed by atoms with Crippen molar-refractivity contribution in [1.29, 1.82) is 0 Å². The molecule has 0 unspecified atom stereocenters. The highest BCUT2D eigenvalue weighted by Crippen LogP contribution is 2.61. The molecular formula is C19H42P+. The zero-order valence-electron chi connectivity index (χ0n) is 15.1. The standard InChI is InChI=1S/C19H42P/c1-5-9-11-13-15-19-20(16-7-3,17-8-4)18-14-12-10-6-2/h5-19H2,1-4H3/q+1. The minimum absolute atomic E-state index is 0.585. The Hall–Kier alpha value is 0.430. The molecule has 0 saturated carbocycles. The van der Waals surface area contributed by atoms with Crippen LogP contribution in [0.2, 0.25) is 0 Å². The molecule has 0 radical (unpaired) electrons. The van der Waals surface area contributed by atoms with E-state index in [1.54, 1.807) is 24.6 Å². The van der Waals surface area contributed by atoms with Gasteiger partial charge >= 0.3 is 0 Å². The largest absolute Gasteiger partial charge is 0.0654 e. The molecule has 0 amide bonds. The number of hydrogen-bond donors (Lipinski definition) is 0.